The summed E-state index contributed by atoms with van der Waals surface area (Å²) in [6, 6.07) is 12.5. The first-order valence-electron chi connectivity index (χ1n) is 7.82. The van der Waals surface area contributed by atoms with Gasteiger partial charge in [0.25, 0.3) is 0 Å². The van der Waals surface area contributed by atoms with Gasteiger partial charge in [0.1, 0.15) is 0 Å². The Balaban J connectivity index is 0.000000447. The predicted molar refractivity (Wildman–Crippen MR) is 100 cm³/mol. The van der Waals surface area contributed by atoms with Crippen molar-refractivity contribution in [2.45, 2.75) is 18.9 Å². The number of halogens is 2. The minimum absolute atomic E-state index is 0.0426. The van der Waals surface area contributed by atoms with Crippen LogP contribution in [-0.2, 0) is 12.8 Å². The van der Waals surface area contributed by atoms with Crippen molar-refractivity contribution in [2.24, 2.45) is 0 Å². The lowest BCUT2D eigenvalue weighted by Crippen LogP contribution is -2.13. The van der Waals surface area contributed by atoms with Crippen LogP contribution in [0.5, 0.6) is 0 Å². The van der Waals surface area contributed by atoms with E-state index in [-0.39, 0.29) is 6.04 Å². The summed E-state index contributed by atoms with van der Waals surface area (Å²) in [4.78, 5) is 12.5. The molecular weight excluding hydrogens is 377 g/mol. The highest BCUT2D eigenvalue weighted by molar-refractivity contribution is 6.35. The van der Waals surface area contributed by atoms with Crippen molar-refractivity contribution < 1.29 is 5.09 Å². The third-order valence-electron chi connectivity index (χ3n) is 4.29. The molecule has 1 heterocycles. The molecule has 1 aliphatic carbocycles. The Hall–Kier alpha value is -2.57. The number of hydrogen-bond acceptors (Lipinski definition) is 4. The molecule has 0 saturated heterocycles. The molecule has 1 unspecified atom stereocenters. The number of benzene rings is 2. The van der Waals surface area contributed by atoms with Gasteiger partial charge in [0.2, 0.25) is 0 Å². The van der Waals surface area contributed by atoms with E-state index in [9.17, 15) is 0 Å². The standard InChI is InChI=1S/C18H14Cl2N2.NO3/c19-14-9-13-6-5-12-3-1-2-4-15(12)18(17(13)16(20)10-14)22-8-7-21-11-22;2-1(3)4/h1-4,7-11,18H,5-6H2;/q;-1. The van der Waals surface area contributed by atoms with Gasteiger partial charge < -0.3 is 19.9 Å². The maximum atomic E-state index is 8.25. The van der Waals surface area contributed by atoms with Crippen molar-refractivity contribution in [1.29, 1.82) is 0 Å². The van der Waals surface area contributed by atoms with Crippen LogP contribution in [-0.4, -0.2) is 14.6 Å². The molecule has 0 radical (unpaired) electrons. The molecule has 2 aromatic carbocycles. The molecule has 8 heteroatoms. The molecule has 0 spiro atoms. The van der Waals surface area contributed by atoms with Crippen molar-refractivity contribution in [2.75, 3.05) is 0 Å². The van der Waals surface area contributed by atoms with Gasteiger partial charge in [-0.3, -0.25) is 0 Å². The van der Waals surface area contributed by atoms with Crippen LogP contribution in [0.15, 0.2) is 55.1 Å². The lowest BCUT2D eigenvalue weighted by atomic mass is 9.94. The SMILES string of the molecule is Clc1cc(Cl)c2c(c1)CCc1ccccc1C2n1ccnc1.O=[N+]([O-])[O-]. The van der Waals surface area contributed by atoms with Crippen molar-refractivity contribution >= 4 is 23.2 Å². The molecule has 134 valence electrons. The van der Waals surface area contributed by atoms with Gasteiger partial charge in [0.15, 0.2) is 0 Å². The molecule has 0 N–H and O–H groups in total. The second-order valence-corrected chi connectivity index (χ2v) is 6.64. The second kappa shape index (κ2) is 7.76. The zero-order valence-electron chi connectivity index (χ0n) is 13.5. The molecule has 3 aromatic rings. The van der Waals surface area contributed by atoms with Crippen LogP contribution < -0.4 is 0 Å². The molecule has 1 aromatic heterocycles. The lowest BCUT2D eigenvalue weighted by Gasteiger charge is -2.23. The van der Waals surface area contributed by atoms with Crippen molar-refractivity contribution in [3.05, 3.63) is 103 Å². The summed E-state index contributed by atoms with van der Waals surface area (Å²) >= 11 is 12.8. The number of fused-ring (bicyclic) bond motifs is 2. The van der Waals surface area contributed by atoms with Crippen molar-refractivity contribution in [3.63, 3.8) is 0 Å². The third-order valence-corrected chi connectivity index (χ3v) is 4.82. The highest BCUT2D eigenvalue weighted by atomic mass is 35.5. The Bertz CT molecular complexity index is 925. The maximum Gasteiger partial charge on any atom is 0.0954 e. The number of nitrogens with zero attached hydrogens (tertiary/aromatic N) is 3. The molecule has 6 nitrogen and oxygen atoms in total. The molecule has 0 amide bonds. The van der Waals surface area contributed by atoms with E-state index in [0.717, 1.165) is 23.4 Å². The zero-order chi connectivity index (χ0) is 18.7. The zero-order valence-corrected chi connectivity index (χ0v) is 15.0. The van der Waals surface area contributed by atoms with Crippen LogP contribution in [0.3, 0.4) is 0 Å². The molecule has 26 heavy (non-hydrogen) atoms. The van der Waals surface area contributed by atoms with Gasteiger partial charge in [-0.2, -0.15) is 0 Å². The molecule has 1 atom stereocenters. The summed E-state index contributed by atoms with van der Waals surface area (Å²) in [6.07, 6.45) is 7.57. The Morgan fingerprint density at radius 1 is 1.12 bits per heavy atom. The largest absolute Gasteiger partial charge is 0.356 e. The monoisotopic (exact) mass is 390 g/mol. The van der Waals surface area contributed by atoms with Gasteiger partial charge in [0, 0.05) is 28.0 Å². The van der Waals surface area contributed by atoms with E-state index in [0.29, 0.717) is 5.02 Å². The fourth-order valence-electron chi connectivity index (χ4n) is 3.34. The fourth-order valence-corrected chi connectivity index (χ4v) is 3.98. The van der Waals surface area contributed by atoms with Gasteiger partial charge >= 0.3 is 0 Å². The molecule has 0 bridgehead atoms. The lowest BCUT2D eigenvalue weighted by molar-refractivity contribution is -0.402. The summed E-state index contributed by atoms with van der Waals surface area (Å²) in [6.45, 7) is 0. The van der Waals surface area contributed by atoms with E-state index >= 15 is 0 Å². The highest BCUT2D eigenvalue weighted by Gasteiger charge is 2.27. The minimum Gasteiger partial charge on any atom is -0.356 e. The Morgan fingerprint density at radius 2 is 1.81 bits per heavy atom. The summed E-state index contributed by atoms with van der Waals surface area (Å²) in [5, 5.41) is 16.2. The number of aromatic nitrogens is 2. The first kappa shape index (κ1) is 18.2. The summed E-state index contributed by atoms with van der Waals surface area (Å²) in [7, 11) is 0. The van der Waals surface area contributed by atoms with E-state index < -0.39 is 5.09 Å². The normalized spacial score (nSPS) is 15.1. The van der Waals surface area contributed by atoms with Gasteiger partial charge in [-0.05, 0) is 41.7 Å². The van der Waals surface area contributed by atoms with Gasteiger partial charge in [-0.25, -0.2) is 4.98 Å². The Morgan fingerprint density at radius 3 is 2.50 bits per heavy atom. The summed E-state index contributed by atoms with van der Waals surface area (Å²) < 4.78 is 2.11. The van der Waals surface area contributed by atoms with Gasteiger partial charge in [-0.15, -0.1) is 0 Å². The molecule has 0 fully saturated rings. The van der Waals surface area contributed by atoms with E-state index in [1.54, 1.807) is 6.20 Å². The molecule has 1 aliphatic rings. The number of aryl methyl sites for hydroxylation is 2. The minimum atomic E-state index is -1.75. The van der Waals surface area contributed by atoms with Crippen LogP contribution in [0.25, 0.3) is 0 Å². The number of hydrogen-bond donors (Lipinski definition) is 0. The van der Waals surface area contributed by atoms with E-state index in [2.05, 4.69) is 33.8 Å². The van der Waals surface area contributed by atoms with Crippen LogP contribution in [0, 0.1) is 15.3 Å². The first-order valence-corrected chi connectivity index (χ1v) is 8.57. The van der Waals surface area contributed by atoms with Crippen LogP contribution in [0.2, 0.25) is 10.0 Å². The summed E-state index contributed by atoms with van der Waals surface area (Å²) in [5.74, 6) is 0. The number of rotatable bonds is 1. The van der Waals surface area contributed by atoms with Crippen LogP contribution in [0.1, 0.15) is 28.3 Å². The van der Waals surface area contributed by atoms with Crippen molar-refractivity contribution in [3.8, 4) is 0 Å². The maximum absolute atomic E-state index is 8.25. The Kier molecular flexibility index (Phi) is 5.44. The quantitative estimate of drug-likeness (QED) is 0.445. The average Bonchev–Trinajstić information content (AvgIpc) is 3.04. The van der Waals surface area contributed by atoms with Crippen LogP contribution >= 0.6 is 23.2 Å². The average molecular weight is 391 g/mol. The van der Waals surface area contributed by atoms with E-state index in [4.69, 9.17) is 38.5 Å². The van der Waals surface area contributed by atoms with Crippen molar-refractivity contribution in [1.82, 2.24) is 9.55 Å². The van der Waals surface area contributed by atoms with E-state index in [1.165, 1.54) is 16.7 Å². The molecule has 4 rings (SSSR count). The predicted octanol–water partition coefficient (Wildman–Crippen LogP) is 4.69. The van der Waals surface area contributed by atoms with E-state index in [1.807, 2.05) is 24.7 Å². The number of imidazole rings is 1. The molecule has 0 saturated carbocycles. The Labute approximate surface area is 159 Å². The van der Waals surface area contributed by atoms with Crippen LogP contribution in [0.4, 0.5) is 0 Å². The molecule has 0 aliphatic heterocycles. The fraction of sp³-hybridized carbons (Fsp3) is 0.167. The third kappa shape index (κ3) is 3.81. The first-order chi connectivity index (χ1) is 12.5. The smallest absolute Gasteiger partial charge is 0.0954 e. The molecular formula is C18H14Cl2N3O3-. The second-order valence-electron chi connectivity index (χ2n) is 5.80. The van der Waals surface area contributed by atoms with Gasteiger partial charge in [0.05, 0.1) is 17.5 Å². The summed E-state index contributed by atoms with van der Waals surface area (Å²) in [5.41, 5.74) is 4.98. The topological polar surface area (TPSA) is 84.0 Å². The van der Waals surface area contributed by atoms with Gasteiger partial charge in [-0.1, -0.05) is 47.5 Å². The highest BCUT2D eigenvalue weighted by Crippen LogP contribution is 2.40.